The van der Waals surface area contributed by atoms with Gasteiger partial charge >= 0.3 is 5.97 Å². The van der Waals surface area contributed by atoms with E-state index in [4.69, 9.17) is 39.5 Å². The van der Waals surface area contributed by atoms with E-state index in [0.29, 0.717) is 5.02 Å². The number of carbonyl (C=O) groups excluding carboxylic acids is 2. The van der Waals surface area contributed by atoms with Gasteiger partial charge in [0.2, 0.25) is 0 Å². The molecule has 0 aliphatic rings. The molecule has 0 atom stereocenters. The summed E-state index contributed by atoms with van der Waals surface area (Å²) in [6.07, 6.45) is 0.132. The molecular weight excluding hydrogens is 369 g/mol. The molecule has 2 aromatic rings. The maximum Gasteiger partial charge on any atom is 0.311 e. The Kier molecular flexibility index (Phi) is 6.08. The molecule has 2 rings (SSSR count). The Morgan fingerprint density at radius 2 is 1.86 bits per heavy atom. The number of halogens is 3. The van der Waals surface area contributed by atoms with Crippen LogP contribution in [0.1, 0.15) is 4.88 Å². The Labute approximate surface area is 145 Å². The van der Waals surface area contributed by atoms with E-state index in [-0.39, 0.29) is 22.2 Å². The van der Waals surface area contributed by atoms with Crippen molar-refractivity contribution in [3.63, 3.8) is 0 Å². The number of anilines is 1. The molecule has 8 heteroatoms. The van der Waals surface area contributed by atoms with Gasteiger partial charge in [0.25, 0.3) is 5.91 Å². The minimum atomic E-state index is -0.536. The zero-order valence-corrected chi connectivity index (χ0v) is 14.2. The molecule has 1 heterocycles. The number of rotatable bonds is 5. The fourth-order valence-corrected chi connectivity index (χ4v) is 3.19. The number of benzene rings is 1. The highest BCUT2D eigenvalue weighted by Gasteiger charge is 2.13. The molecule has 4 nitrogen and oxygen atoms in total. The molecule has 1 aromatic carbocycles. The van der Waals surface area contributed by atoms with Crippen molar-refractivity contribution >= 4 is 63.7 Å². The molecule has 0 saturated carbocycles. The highest BCUT2D eigenvalue weighted by atomic mass is 35.5. The smallest absolute Gasteiger partial charge is 0.311 e. The third kappa shape index (κ3) is 4.88. The van der Waals surface area contributed by atoms with Crippen LogP contribution < -0.4 is 5.32 Å². The van der Waals surface area contributed by atoms with Crippen molar-refractivity contribution in [2.24, 2.45) is 0 Å². The van der Waals surface area contributed by atoms with Gasteiger partial charge in [0.05, 0.1) is 22.2 Å². The molecule has 0 bridgehead atoms. The lowest BCUT2D eigenvalue weighted by molar-refractivity contribution is -0.146. The largest absolute Gasteiger partial charge is 0.455 e. The SMILES string of the molecule is O=C(COC(=O)Cc1cccs1)Nc1c(Cl)cc(Cl)cc1Cl. The molecule has 116 valence electrons. The fraction of sp³-hybridized carbons (Fsp3) is 0.143. The number of nitrogens with one attached hydrogen (secondary N) is 1. The van der Waals surface area contributed by atoms with Crippen LogP contribution in [-0.4, -0.2) is 18.5 Å². The van der Waals surface area contributed by atoms with Crippen molar-refractivity contribution in [3.8, 4) is 0 Å². The average Bonchev–Trinajstić information content (AvgIpc) is 2.93. The Bertz CT molecular complexity index is 666. The first-order valence-electron chi connectivity index (χ1n) is 6.08. The fourth-order valence-electron chi connectivity index (χ4n) is 1.59. The van der Waals surface area contributed by atoms with Crippen molar-refractivity contribution in [2.45, 2.75) is 6.42 Å². The number of ether oxygens (including phenoxy) is 1. The van der Waals surface area contributed by atoms with Gasteiger partial charge in [-0.15, -0.1) is 11.3 Å². The van der Waals surface area contributed by atoms with Crippen LogP contribution in [0, 0.1) is 0 Å². The van der Waals surface area contributed by atoms with Crippen LogP contribution in [0.15, 0.2) is 29.6 Å². The van der Waals surface area contributed by atoms with Crippen LogP contribution in [0.25, 0.3) is 0 Å². The number of hydrogen-bond acceptors (Lipinski definition) is 4. The van der Waals surface area contributed by atoms with E-state index in [2.05, 4.69) is 5.32 Å². The summed E-state index contributed by atoms with van der Waals surface area (Å²) >= 11 is 19.1. The van der Waals surface area contributed by atoms with Crippen LogP contribution in [0.2, 0.25) is 15.1 Å². The van der Waals surface area contributed by atoms with Crippen LogP contribution >= 0.6 is 46.1 Å². The van der Waals surface area contributed by atoms with E-state index in [1.54, 1.807) is 0 Å². The third-order valence-electron chi connectivity index (χ3n) is 2.53. The van der Waals surface area contributed by atoms with Gasteiger partial charge in [0.1, 0.15) is 0 Å². The summed E-state index contributed by atoms with van der Waals surface area (Å²) in [6, 6.07) is 6.56. The topological polar surface area (TPSA) is 55.4 Å². The normalized spacial score (nSPS) is 10.3. The van der Waals surface area contributed by atoms with E-state index >= 15 is 0 Å². The molecule has 1 amide bonds. The number of hydrogen-bond donors (Lipinski definition) is 1. The highest BCUT2D eigenvalue weighted by molar-refractivity contribution is 7.10. The van der Waals surface area contributed by atoms with E-state index in [9.17, 15) is 9.59 Å². The summed E-state index contributed by atoms with van der Waals surface area (Å²) in [4.78, 5) is 24.2. The quantitative estimate of drug-likeness (QED) is 0.783. The molecule has 0 fully saturated rings. The predicted octanol–water partition coefficient (Wildman–Crippen LogP) is 4.43. The van der Waals surface area contributed by atoms with Gasteiger partial charge in [0, 0.05) is 9.90 Å². The average molecular weight is 379 g/mol. The number of esters is 1. The molecule has 22 heavy (non-hydrogen) atoms. The molecule has 0 unspecified atom stereocenters. The molecule has 0 aliphatic carbocycles. The minimum Gasteiger partial charge on any atom is -0.455 e. The molecule has 0 radical (unpaired) electrons. The maximum absolute atomic E-state index is 11.8. The standard InChI is InChI=1S/C14H10Cl3NO3S/c15-8-4-10(16)14(11(17)5-8)18-12(19)7-21-13(20)6-9-2-1-3-22-9/h1-5H,6-7H2,(H,18,19). The first kappa shape index (κ1) is 17.1. The molecule has 1 N–H and O–H groups in total. The summed E-state index contributed by atoms with van der Waals surface area (Å²) < 4.78 is 4.90. The molecule has 0 aliphatic heterocycles. The van der Waals surface area contributed by atoms with Crippen molar-refractivity contribution in [2.75, 3.05) is 11.9 Å². The molecule has 0 spiro atoms. The zero-order chi connectivity index (χ0) is 16.1. The monoisotopic (exact) mass is 377 g/mol. The van der Waals surface area contributed by atoms with Gasteiger partial charge in [-0.25, -0.2) is 0 Å². The van der Waals surface area contributed by atoms with Crippen molar-refractivity contribution in [1.82, 2.24) is 0 Å². The van der Waals surface area contributed by atoms with Gasteiger partial charge in [-0.05, 0) is 23.6 Å². The van der Waals surface area contributed by atoms with Crippen LogP contribution in [0.5, 0.6) is 0 Å². The predicted molar refractivity (Wildman–Crippen MR) is 89.1 cm³/mol. The van der Waals surface area contributed by atoms with Gasteiger partial charge in [-0.2, -0.15) is 0 Å². The second kappa shape index (κ2) is 7.83. The van der Waals surface area contributed by atoms with E-state index < -0.39 is 18.5 Å². The van der Waals surface area contributed by atoms with E-state index in [0.717, 1.165) is 4.88 Å². The molecular formula is C14H10Cl3NO3S. The molecule has 0 saturated heterocycles. The van der Waals surface area contributed by atoms with Crippen LogP contribution in [0.4, 0.5) is 5.69 Å². The Morgan fingerprint density at radius 3 is 2.45 bits per heavy atom. The Hall–Kier alpha value is -1.27. The lowest BCUT2D eigenvalue weighted by Gasteiger charge is -2.10. The Balaban J connectivity index is 1.87. The highest BCUT2D eigenvalue weighted by Crippen LogP contribution is 2.33. The molecule has 1 aromatic heterocycles. The lowest BCUT2D eigenvalue weighted by atomic mass is 10.3. The minimum absolute atomic E-state index is 0.132. The zero-order valence-electron chi connectivity index (χ0n) is 11.1. The van der Waals surface area contributed by atoms with Gasteiger partial charge in [-0.1, -0.05) is 40.9 Å². The summed E-state index contributed by atoms with van der Waals surface area (Å²) in [7, 11) is 0. The van der Waals surface area contributed by atoms with Crippen molar-refractivity contribution < 1.29 is 14.3 Å². The second-order valence-corrected chi connectivity index (χ2v) is 6.49. The number of amides is 1. The van der Waals surface area contributed by atoms with Crippen molar-refractivity contribution in [1.29, 1.82) is 0 Å². The summed E-state index contributed by atoms with van der Waals surface area (Å²) in [5.41, 5.74) is 0.229. The number of thiophene rings is 1. The van der Waals surface area contributed by atoms with E-state index in [1.807, 2.05) is 17.5 Å². The summed E-state index contributed by atoms with van der Waals surface area (Å²) in [6.45, 7) is -0.417. The van der Waals surface area contributed by atoms with E-state index in [1.165, 1.54) is 23.5 Å². The van der Waals surface area contributed by atoms with Gasteiger partial charge in [0.15, 0.2) is 6.61 Å². The van der Waals surface area contributed by atoms with Crippen molar-refractivity contribution in [3.05, 3.63) is 49.6 Å². The summed E-state index contributed by atoms with van der Waals surface area (Å²) in [5, 5.41) is 5.11. The van der Waals surface area contributed by atoms with Crippen LogP contribution in [-0.2, 0) is 20.7 Å². The lowest BCUT2D eigenvalue weighted by Crippen LogP contribution is -2.21. The van der Waals surface area contributed by atoms with Gasteiger partial charge < -0.3 is 10.1 Å². The van der Waals surface area contributed by atoms with Gasteiger partial charge in [-0.3, -0.25) is 9.59 Å². The third-order valence-corrected chi connectivity index (χ3v) is 4.23. The number of carbonyl (C=O) groups is 2. The first-order chi connectivity index (χ1) is 10.5. The Morgan fingerprint density at radius 1 is 1.18 bits per heavy atom. The summed E-state index contributed by atoms with van der Waals surface area (Å²) in [5.74, 6) is -1.02. The first-order valence-corrected chi connectivity index (χ1v) is 8.09. The maximum atomic E-state index is 11.8. The van der Waals surface area contributed by atoms with Crippen LogP contribution in [0.3, 0.4) is 0 Å². The second-order valence-electron chi connectivity index (χ2n) is 4.21.